The van der Waals surface area contributed by atoms with E-state index in [-0.39, 0.29) is 35.7 Å². The van der Waals surface area contributed by atoms with Gasteiger partial charge in [-0.05, 0) is 48.1 Å². The molecule has 32 heavy (non-hydrogen) atoms. The Morgan fingerprint density at radius 2 is 1.97 bits per heavy atom. The van der Waals surface area contributed by atoms with Crippen LogP contribution in [0, 0.1) is 5.41 Å². The van der Waals surface area contributed by atoms with Crippen LogP contribution in [0.25, 0.3) is 0 Å². The number of hydrogen-bond acceptors (Lipinski definition) is 5. The number of nitrogens with one attached hydrogen (secondary N) is 2. The summed E-state index contributed by atoms with van der Waals surface area (Å²) in [4.78, 5) is 38.2. The van der Waals surface area contributed by atoms with Gasteiger partial charge in [0.05, 0.1) is 11.7 Å². The van der Waals surface area contributed by atoms with E-state index < -0.39 is 12.1 Å². The third-order valence-corrected chi connectivity index (χ3v) is 6.64. The number of ether oxygens (including phenoxy) is 1. The van der Waals surface area contributed by atoms with Crippen molar-refractivity contribution < 1.29 is 19.1 Å². The molecule has 2 unspecified atom stereocenters. The van der Waals surface area contributed by atoms with Gasteiger partial charge in [0.25, 0.3) is 5.91 Å². The highest BCUT2D eigenvalue weighted by atomic mass is 32.1. The van der Waals surface area contributed by atoms with Crippen molar-refractivity contribution in [3.63, 3.8) is 0 Å². The van der Waals surface area contributed by atoms with Gasteiger partial charge in [0.2, 0.25) is 5.91 Å². The van der Waals surface area contributed by atoms with Crippen molar-refractivity contribution in [1.29, 1.82) is 0 Å². The van der Waals surface area contributed by atoms with Crippen molar-refractivity contribution >= 4 is 28.9 Å². The summed E-state index contributed by atoms with van der Waals surface area (Å²) in [5, 5.41) is 9.33. The monoisotopic (exact) mass is 456 g/mol. The lowest BCUT2D eigenvalue weighted by atomic mass is 9.80. The molecule has 1 aromatic carbocycles. The molecular formula is C25H32N2O4S. The first-order valence-electron chi connectivity index (χ1n) is 11.1. The Hall–Kier alpha value is -2.51. The Labute approximate surface area is 193 Å². The molecule has 2 amide bonds. The van der Waals surface area contributed by atoms with E-state index in [1.807, 2.05) is 30.5 Å². The van der Waals surface area contributed by atoms with Gasteiger partial charge in [-0.2, -0.15) is 11.3 Å². The first-order valence-corrected chi connectivity index (χ1v) is 12.0. The van der Waals surface area contributed by atoms with Crippen molar-refractivity contribution in [1.82, 2.24) is 10.6 Å². The summed E-state index contributed by atoms with van der Waals surface area (Å²) < 4.78 is 5.49. The van der Waals surface area contributed by atoms with Gasteiger partial charge < -0.3 is 15.4 Å². The second-order valence-corrected chi connectivity index (χ2v) is 9.88. The molecule has 3 rings (SSSR count). The van der Waals surface area contributed by atoms with Crippen LogP contribution >= 0.6 is 11.3 Å². The van der Waals surface area contributed by atoms with Gasteiger partial charge in [-0.3, -0.25) is 14.4 Å². The summed E-state index contributed by atoms with van der Waals surface area (Å²) in [6, 6.07) is 10.5. The molecule has 0 saturated carbocycles. The van der Waals surface area contributed by atoms with Crippen LogP contribution in [0.1, 0.15) is 56.0 Å². The Morgan fingerprint density at radius 1 is 1.22 bits per heavy atom. The third kappa shape index (κ3) is 6.50. The average molecular weight is 457 g/mol. The molecule has 0 aliphatic carbocycles. The Morgan fingerprint density at radius 3 is 2.62 bits per heavy atom. The van der Waals surface area contributed by atoms with Crippen molar-refractivity contribution in [2.45, 2.75) is 64.6 Å². The van der Waals surface area contributed by atoms with Crippen LogP contribution in [0.3, 0.4) is 0 Å². The van der Waals surface area contributed by atoms with E-state index in [9.17, 15) is 14.4 Å². The van der Waals surface area contributed by atoms with Crippen LogP contribution in [0.2, 0.25) is 0 Å². The summed E-state index contributed by atoms with van der Waals surface area (Å²) in [5.74, 6) is -0.758. The molecule has 2 N–H and O–H groups in total. The summed E-state index contributed by atoms with van der Waals surface area (Å²) in [6.07, 6.45) is 2.50. The van der Waals surface area contributed by atoms with Crippen LogP contribution < -0.4 is 10.6 Å². The molecule has 0 spiro atoms. The molecule has 172 valence electrons. The molecule has 1 fully saturated rings. The maximum Gasteiger partial charge on any atom is 0.252 e. The quantitative estimate of drug-likeness (QED) is 0.570. The second-order valence-electron chi connectivity index (χ2n) is 9.10. The summed E-state index contributed by atoms with van der Waals surface area (Å²) in [6.45, 7) is 6.14. The second kappa shape index (κ2) is 10.9. The molecule has 7 heteroatoms. The van der Waals surface area contributed by atoms with Gasteiger partial charge in [-0.15, -0.1) is 0 Å². The largest absolute Gasteiger partial charge is 0.368 e. The molecule has 1 aliphatic heterocycles. The fourth-order valence-corrected chi connectivity index (χ4v) is 4.63. The van der Waals surface area contributed by atoms with E-state index in [4.69, 9.17) is 4.74 Å². The van der Waals surface area contributed by atoms with Crippen molar-refractivity contribution in [3.8, 4) is 0 Å². The number of amides is 2. The molecule has 1 aliphatic rings. The molecule has 0 bridgehead atoms. The lowest BCUT2D eigenvalue weighted by molar-refractivity contribution is -0.128. The van der Waals surface area contributed by atoms with Gasteiger partial charge in [-0.25, -0.2) is 0 Å². The third-order valence-electron chi connectivity index (χ3n) is 5.95. The highest BCUT2D eigenvalue weighted by molar-refractivity contribution is 7.08. The van der Waals surface area contributed by atoms with Gasteiger partial charge in [0.1, 0.15) is 18.7 Å². The fraction of sp³-hybridized carbons (Fsp3) is 0.480. The summed E-state index contributed by atoms with van der Waals surface area (Å²) in [5.41, 5.74) is 1.56. The van der Waals surface area contributed by atoms with Crippen LogP contribution in [0.15, 0.2) is 47.2 Å². The average Bonchev–Trinajstić information content (AvgIpc) is 3.43. The highest BCUT2D eigenvalue weighted by Gasteiger charge is 2.38. The number of benzene rings is 1. The van der Waals surface area contributed by atoms with Crippen LogP contribution in [-0.4, -0.2) is 42.4 Å². The smallest absolute Gasteiger partial charge is 0.252 e. The minimum absolute atomic E-state index is 0.0119. The van der Waals surface area contributed by atoms with E-state index in [0.29, 0.717) is 18.4 Å². The molecule has 1 aromatic heterocycles. The number of ketones is 1. The minimum atomic E-state index is -0.751. The highest BCUT2D eigenvalue weighted by Crippen LogP contribution is 2.29. The Bertz CT molecular complexity index is 911. The Balaban J connectivity index is 1.71. The van der Waals surface area contributed by atoms with Gasteiger partial charge in [0, 0.05) is 5.38 Å². The number of thiophene rings is 1. The van der Waals surface area contributed by atoms with Crippen LogP contribution in [0.4, 0.5) is 0 Å². The number of carbonyl (C=O) groups is 3. The maximum absolute atomic E-state index is 13.2. The zero-order valence-electron chi connectivity index (χ0n) is 18.9. The van der Waals surface area contributed by atoms with E-state index in [1.54, 1.807) is 11.4 Å². The zero-order valence-corrected chi connectivity index (χ0v) is 19.7. The number of carbonyl (C=O) groups excluding carboxylic acids is 3. The predicted molar refractivity (Wildman–Crippen MR) is 126 cm³/mol. The van der Waals surface area contributed by atoms with Crippen LogP contribution in [-0.2, 0) is 20.7 Å². The molecule has 1 saturated heterocycles. The first kappa shape index (κ1) is 24.1. The SMILES string of the molecule is CCC1OCC(=O)C1NC(=O)[C@H](CC(C)(C)CCc1ccccc1)NC(=O)c1ccsc1. The normalized spacial score (nSPS) is 19.5. The van der Waals surface area contributed by atoms with E-state index in [2.05, 4.69) is 36.6 Å². The van der Waals surface area contributed by atoms with E-state index >= 15 is 0 Å². The van der Waals surface area contributed by atoms with Gasteiger partial charge in [-0.1, -0.05) is 51.1 Å². The van der Waals surface area contributed by atoms with Crippen LogP contribution in [0.5, 0.6) is 0 Å². The molecule has 6 nitrogen and oxygen atoms in total. The Kier molecular flexibility index (Phi) is 8.21. The number of hydrogen-bond donors (Lipinski definition) is 2. The van der Waals surface area contributed by atoms with Crippen molar-refractivity contribution in [2.24, 2.45) is 5.41 Å². The number of aryl methyl sites for hydroxylation is 1. The summed E-state index contributed by atoms with van der Waals surface area (Å²) in [7, 11) is 0. The molecule has 3 atom stereocenters. The zero-order chi connectivity index (χ0) is 23.1. The minimum Gasteiger partial charge on any atom is -0.368 e. The predicted octanol–water partition coefficient (Wildman–Crippen LogP) is 3.76. The molecule has 0 radical (unpaired) electrons. The van der Waals surface area contributed by atoms with Gasteiger partial charge >= 0.3 is 0 Å². The topological polar surface area (TPSA) is 84.5 Å². The number of rotatable bonds is 10. The summed E-state index contributed by atoms with van der Waals surface area (Å²) >= 11 is 1.43. The van der Waals surface area contributed by atoms with Gasteiger partial charge in [0.15, 0.2) is 5.78 Å². The fourth-order valence-electron chi connectivity index (χ4n) is 3.99. The van der Waals surface area contributed by atoms with E-state index in [1.165, 1.54) is 16.9 Å². The number of Topliss-reactive ketones (excluding diaryl/α,β-unsaturated/α-hetero) is 1. The molecule has 2 aromatic rings. The first-order chi connectivity index (χ1) is 15.3. The molecular weight excluding hydrogens is 424 g/mol. The van der Waals surface area contributed by atoms with Crippen molar-refractivity contribution in [3.05, 3.63) is 58.3 Å². The maximum atomic E-state index is 13.2. The molecule has 2 heterocycles. The standard InChI is InChI=1S/C25H32N2O4S/c1-4-21-22(20(28)15-31-21)27-24(30)19(26-23(29)18-11-13-32-16-18)14-25(2,3)12-10-17-8-6-5-7-9-17/h5-9,11,13,16,19,21-22H,4,10,12,14-15H2,1-3H3,(H,26,29)(H,27,30)/t19-,21?,22?/m0/s1. The van der Waals surface area contributed by atoms with Crippen molar-refractivity contribution in [2.75, 3.05) is 6.61 Å². The lowest BCUT2D eigenvalue weighted by Crippen LogP contribution is -2.54. The van der Waals surface area contributed by atoms with E-state index in [0.717, 1.165) is 12.8 Å². The lowest BCUT2D eigenvalue weighted by Gasteiger charge is -2.31.